The van der Waals surface area contributed by atoms with Crippen molar-refractivity contribution in [1.29, 1.82) is 0 Å². The molecule has 0 spiro atoms. The van der Waals surface area contributed by atoms with Crippen molar-refractivity contribution in [3.05, 3.63) is 94.5 Å². The maximum atomic E-state index is 13.9. The Balaban J connectivity index is 2.03. The van der Waals surface area contributed by atoms with E-state index in [1.54, 1.807) is 12.1 Å². The van der Waals surface area contributed by atoms with Crippen LogP contribution in [0.2, 0.25) is 5.02 Å². The number of hydrogen-bond donors (Lipinski definition) is 1. The van der Waals surface area contributed by atoms with Gasteiger partial charge in [-0.2, -0.15) is 0 Å². The molecule has 0 aliphatic heterocycles. The van der Waals surface area contributed by atoms with Gasteiger partial charge in [-0.1, -0.05) is 54.9 Å². The molecule has 0 radical (unpaired) electrons. The monoisotopic (exact) mass is 555 g/mol. The van der Waals surface area contributed by atoms with Crippen molar-refractivity contribution < 1.29 is 18.0 Å². The van der Waals surface area contributed by atoms with Crippen LogP contribution in [-0.2, 0) is 26.0 Å². The fourth-order valence-electron chi connectivity index (χ4n) is 4.21. The first kappa shape index (κ1) is 29.2. The van der Waals surface area contributed by atoms with Crippen molar-refractivity contribution in [2.45, 2.75) is 44.6 Å². The smallest absolute Gasteiger partial charge is 0.264 e. The van der Waals surface area contributed by atoms with Crippen molar-refractivity contribution in [3.63, 3.8) is 0 Å². The molecule has 38 heavy (non-hydrogen) atoms. The summed E-state index contributed by atoms with van der Waals surface area (Å²) in [5.41, 5.74) is 3.27. The summed E-state index contributed by atoms with van der Waals surface area (Å²) in [6.07, 6.45) is 0.904. The predicted molar refractivity (Wildman–Crippen MR) is 152 cm³/mol. The number of rotatable bonds is 11. The van der Waals surface area contributed by atoms with Gasteiger partial charge in [-0.05, 0) is 79.8 Å². The minimum Gasteiger partial charge on any atom is -0.357 e. The molecule has 7 nitrogen and oxygen atoms in total. The highest BCUT2D eigenvalue weighted by atomic mass is 35.5. The molecule has 3 aromatic carbocycles. The van der Waals surface area contributed by atoms with E-state index in [2.05, 4.69) is 5.32 Å². The van der Waals surface area contributed by atoms with E-state index in [9.17, 15) is 18.0 Å². The number of carbonyl (C=O) groups excluding carboxylic acids is 2. The summed E-state index contributed by atoms with van der Waals surface area (Å²) >= 11 is 5.99. The van der Waals surface area contributed by atoms with Crippen LogP contribution in [-0.4, -0.2) is 51.3 Å². The topological polar surface area (TPSA) is 86.8 Å². The third kappa shape index (κ3) is 6.94. The minimum atomic E-state index is -4.13. The van der Waals surface area contributed by atoms with Gasteiger partial charge in [0.05, 0.1) is 10.6 Å². The van der Waals surface area contributed by atoms with Gasteiger partial charge < -0.3 is 10.2 Å². The van der Waals surface area contributed by atoms with Gasteiger partial charge in [0.15, 0.2) is 0 Å². The van der Waals surface area contributed by atoms with Crippen molar-refractivity contribution >= 4 is 39.1 Å². The lowest BCUT2D eigenvalue weighted by atomic mass is 10.1. The second-order valence-corrected chi connectivity index (χ2v) is 11.4. The van der Waals surface area contributed by atoms with Crippen LogP contribution in [0.25, 0.3) is 0 Å². The van der Waals surface area contributed by atoms with E-state index in [-0.39, 0.29) is 17.3 Å². The summed E-state index contributed by atoms with van der Waals surface area (Å²) < 4.78 is 28.8. The fourth-order valence-corrected chi connectivity index (χ4v) is 5.74. The van der Waals surface area contributed by atoms with Crippen LogP contribution >= 0.6 is 11.6 Å². The Morgan fingerprint density at radius 1 is 0.947 bits per heavy atom. The number of sulfonamides is 1. The molecule has 0 fully saturated rings. The molecule has 3 rings (SSSR count). The fraction of sp³-hybridized carbons (Fsp3) is 0.310. The average Bonchev–Trinajstić information content (AvgIpc) is 2.91. The van der Waals surface area contributed by atoms with Crippen molar-refractivity contribution in [3.8, 4) is 0 Å². The number of carbonyl (C=O) groups is 2. The van der Waals surface area contributed by atoms with Crippen LogP contribution in [0, 0.1) is 13.8 Å². The molecule has 9 heteroatoms. The maximum Gasteiger partial charge on any atom is 0.264 e. The second-order valence-electron chi connectivity index (χ2n) is 9.10. The zero-order valence-corrected chi connectivity index (χ0v) is 23.7. The number of hydrogen-bond acceptors (Lipinski definition) is 4. The van der Waals surface area contributed by atoms with Gasteiger partial charge in [-0.25, -0.2) is 8.42 Å². The first-order chi connectivity index (χ1) is 18.1. The van der Waals surface area contributed by atoms with Crippen LogP contribution in [0.3, 0.4) is 0 Å². The lowest BCUT2D eigenvalue weighted by molar-refractivity contribution is -0.139. The third-order valence-electron chi connectivity index (χ3n) is 6.58. The number of benzene rings is 3. The normalized spacial score (nSPS) is 12.0. The number of anilines is 1. The number of amides is 2. The Morgan fingerprint density at radius 3 is 2.18 bits per heavy atom. The highest BCUT2D eigenvalue weighted by Gasteiger charge is 2.33. The molecule has 3 aromatic rings. The number of likely N-dealkylation sites (N-methyl/N-ethyl adjacent to an activating group) is 1. The van der Waals surface area contributed by atoms with E-state index < -0.39 is 28.5 Å². The quantitative estimate of drug-likeness (QED) is 0.370. The summed E-state index contributed by atoms with van der Waals surface area (Å²) in [6.45, 7) is 5.45. The molecular formula is C29H34ClN3O4S. The van der Waals surface area contributed by atoms with Crippen LogP contribution in [0.15, 0.2) is 77.7 Å². The molecule has 0 saturated heterocycles. The molecule has 1 atom stereocenters. The molecule has 0 unspecified atom stereocenters. The molecule has 2 amide bonds. The van der Waals surface area contributed by atoms with Crippen LogP contribution in [0.4, 0.5) is 5.69 Å². The van der Waals surface area contributed by atoms with Crippen molar-refractivity contribution in [2.24, 2.45) is 0 Å². The van der Waals surface area contributed by atoms with Gasteiger partial charge in [0.2, 0.25) is 11.8 Å². The third-order valence-corrected chi connectivity index (χ3v) is 8.62. The summed E-state index contributed by atoms with van der Waals surface area (Å²) in [4.78, 5) is 28.1. The average molecular weight is 556 g/mol. The van der Waals surface area contributed by atoms with Gasteiger partial charge in [0.25, 0.3) is 10.0 Å². The summed E-state index contributed by atoms with van der Waals surface area (Å²) in [5, 5.41) is 3.04. The standard InChI is InChI=1S/C29H34ClN3O4S/c1-5-27(29(35)31-4)32(18-17-23-9-7-6-8-10-23)28(34)20-33(25-14-11-21(2)22(3)19-25)38(36,37)26-15-12-24(30)13-16-26/h6-16,19,27H,5,17-18,20H2,1-4H3,(H,31,35)/t27-/m1/s1. The summed E-state index contributed by atoms with van der Waals surface area (Å²) in [7, 11) is -2.60. The Hall–Kier alpha value is -3.36. The molecular weight excluding hydrogens is 522 g/mol. The van der Waals surface area contributed by atoms with E-state index in [0.29, 0.717) is 23.6 Å². The highest BCUT2D eigenvalue weighted by Crippen LogP contribution is 2.27. The number of halogens is 1. The number of nitrogens with zero attached hydrogens (tertiary/aromatic N) is 2. The summed E-state index contributed by atoms with van der Waals surface area (Å²) in [6, 6.07) is 20.0. The number of nitrogens with one attached hydrogen (secondary N) is 1. The largest absolute Gasteiger partial charge is 0.357 e. The van der Waals surface area contributed by atoms with Gasteiger partial charge in [-0.15, -0.1) is 0 Å². The van der Waals surface area contributed by atoms with Gasteiger partial charge in [-0.3, -0.25) is 13.9 Å². The SMILES string of the molecule is CC[C@H](C(=O)NC)N(CCc1ccccc1)C(=O)CN(c1ccc(C)c(C)c1)S(=O)(=O)c1ccc(Cl)cc1. The zero-order valence-electron chi connectivity index (χ0n) is 22.1. The molecule has 0 aliphatic rings. The van der Waals surface area contributed by atoms with Crippen LogP contribution in [0.1, 0.15) is 30.0 Å². The Bertz CT molecular complexity index is 1360. The zero-order chi connectivity index (χ0) is 27.9. The highest BCUT2D eigenvalue weighted by molar-refractivity contribution is 7.92. The molecule has 202 valence electrons. The first-order valence-electron chi connectivity index (χ1n) is 12.5. The lowest BCUT2D eigenvalue weighted by Gasteiger charge is -2.33. The molecule has 0 saturated carbocycles. The molecule has 0 heterocycles. The first-order valence-corrected chi connectivity index (χ1v) is 14.3. The van der Waals surface area contributed by atoms with Crippen molar-refractivity contribution in [1.82, 2.24) is 10.2 Å². The van der Waals surface area contributed by atoms with E-state index >= 15 is 0 Å². The maximum absolute atomic E-state index is 13.9. The van der Waals surface area contributed by atoms with E-state index in [4.69, 9.17) is 11.6 Å². The second kappa shape index (κ2) is 12.9. The lowest BCUT2D eigenvalue weighted by Crippen LogP contribution is -2.52. The number of aryl methyl sites for hydroxylation is 2. The van der Waals surface area contributed by atoms with Crippen LogP contribution < -0.4 is 9.62 Å². The van der Waals surface area contributed by atoms with Crippen LogP contribution in [0.5, 0.6) is 0 Å². The molecule has 0 aliphatic carbocycles. The van der Waals surface area contributed by atoms with Gasteiger partial charge in [0, 0.05) is 18.6 Å². The van der Waals surface area contributed by atoms with E-state index in [0.717, 1.165) is 21.0 Å². The van der Waals surface area contributed by atoms with E-state index in [1.165, 1.54) is 36.2 Å². The Labute approximate surface area is 230 Å². The van der Waals surface area contributed by atoms with E-state index in [1.807, 2.05) is 57.2 Å². The molecule has 0 aromatic heterocycles. The van der Waals surface area contributed by atoms with Gasteiger partial charge >= 0.3 is 0 Å². The predicted octanol–water partition coefficient (Wildman–Crippen LogP) is 4.75. The Kier molecular flexibility index (Phi) is 9.94. The Morgan fingerprint density at radius 2 is 1.61 bits per heavy atom. The minimum absolute atomic E-state index is 0.0158. The molecule has 1 N–H and O–H groups in total. The van der Waals surface area contributed by atoms with Gasteiger partial charge in [0.1, 0.15) is 12.6 Å². The van der Waals surface area contributed by atoms with Crippen molar-refractivity contribution in [2.75, 3.05) is 24.4 Å². The molecule has 0 bridgehead atoms. The summed E-state index contributed by atoms with van der Waals surface area (Å²) in [5.74, 6) is -0.764.